The van der Waals surface area contributed by atoms with Gasteiger partial charge in [0.25, 0.3) is 0 Å². The molecule has 0 aliphatic carbocycles. The zero-order valence-electron chi connectivity index (χ0n) is 36.3. The third kappa shape index (κ3) is 6.93. The molecule has 66 heavy (non-hydrogen) atoms. The van der Waals surface area contributed by atoms with Crippen molar-refractivity contribution in [2.75, 3.05) is 4.90 Å². The number of nitrogens with zero attached hydrogens (tertiary/aromatic N) is 2. The number of rotatable bonds is 9. The molecule has 0 saturated carbocycles. The maximum Gasteiger partial charge on any atom is 0.0541 e. The summed E-state index contributed by atoms with van der Waals surface area (Å²) in [5, 5.41) is 4.94. The Morgan fingerprint density at radius 1 is 0.258 bits per heavy atom. The van der Waals surface area contributed by atoms with Crippen molar-refractivity contribution in [3.63, 3.8) is 0 Å². The van der Waals surface area contributed by atoms with E-state index >= 15 is 0 Å². The molecule has 2 nitrogen and oxygen atoms in total. The summed E-state index contributed by atoms with van der Waals surface area (Å²) in [7, 11) is 0. The number of para-hydroxylation sites is 3. The number of anilines is 3. The van der Waals surface area contributed by atoms with E-state index < -0.39 is 0 Å². The molecule has 1 heterocycles. The van der Waals surface area contributed by atoms with Crippen molar-refractivity contribution in [1.82, 2.24) is 4.57 Å². The molecular formula is C64H44N2. The Labute approximate surface area is 385 Å². The normalized spacial score (nSPS) is 11.3. The van der Waals surface area contributed by atoms with Gasteiger partial charge < -0.3 is 9.47 Å². The Kier molecular flexibility index (Phi) is 9.89. The fourth-order valence-electron chi connectivity index (χ4n) is 9.95. The van der Waals surface area contributed by atoms with E-state index in [0.717, 1.165) is 50.6 Å². The minimum absolute atomic E-state index is 1.07. The van der Waals surface area contributed by atoms with Crippen LogP contribution in [0.15, 0.2) is 267 Å². The van der Waals surface area contributed by atoms with E-state index in [1.807, 2.05) is 0 Å². The van der Waals surface area contributed by atoms with E-state index in [2.05, 4.69) is 276 Å². The van der Waals surface area contributed by atoms with Crippen molar-refractivity contribution in [1.29, 1.82) is 0 Å². The summed E-state index contributed by atoms with van der Waals surface area (Å²) in [5.74, 6) is 0. The maximum atomic E-state index is 2.46. The second-order valence-electron chi connectivity index (χ2n) is 16.9. The lowest BCUT2D eigenvalue weighted by atomic mass is 9.90. The van der Waals surface area contributed by atoms with Crippen LogP contribution in [0.5, 0.6) is 0 Å². The summed E-state index contributed by atoms with van der Waals surface area (Å²) in [6.07, 6.45) is 0. The molecule has 0 aliphatic rings. The molecule has 0 unspecified atom stereocenters. The van der Waals surface area contributed by atoms with Gasteiger partial charge in [-0.05, 0) is 110 Å². The smallest absolute Gasteiger partial charge is 0.0541 e. The largest absolute Gasteiger partial charge is 0.310 e. The predicted octanol–water partition coefficient (Wildman–Crippen LogP) is 17.7. The summed E-state index contributed by atoms with van der Waals surface area (Å²) in [5.41, 5.74) is 18.4. The quantitative estimate of drug-likeness (QED) is 0.141. The van der Waals surface area contributed by atoms with Crippen LogP contribution < -0.4 is 4.90 Å². The van der Waals surface area contributed by atoms with Gasteiger partial charge in [0.1, 0.15) is 0 Å². The first-order valence-electron chi connectivity index (χ1n) is 22.7. The van der Waals surface area contributed by atoms with Crippen LogP contribution in [-0.4, -0.2) is 4.57 Å². The minimum Gasteiger partial charge on any atom is -0.310 e. The van der Waals surface area contributed by atoms with Gasteiger partial charge in [0.2, 0.25) is 0 Å². The highest BCUT2D eigenvalue weighted by Gasteiger charge is 2.23. The summed E-state index contributed by atoms with van der Waals surface area (Å²) in [6.45, 7) is 0. The minimum atomic E-state index is 1.07. The molecule has 0 radical (unpaired) electrons. The summed E-state index contributed by atoms with van der Waals surface area (Å²) in [6, 6.07) is 97.1. The van der Waals surface area contributed by atoms with Crippen LogP contribution >= 0.6 is 0 Å². The van der Waals surface area contributed by atoms with Crippen LogP contribution in [-0.2, 0) is 0 Å². The maximum absolute atomic E-state index is 2.46. The van der Waals surface area contributed by atoms with Gasteiger partial charge in [-0.1, -0.05) is 212 Å². The third-order valence-electron chi connectivity index (χ3n) is 13.0. The van der Waals surface area contributed by atoms with E-state index in [1.165, 1.54) is 60.4 Å². The van der Waals surface area contributed by atoms with E-state index in [9.17, 15) is 0 Å². The van der Waals surface area contributed by atoms with E-state index in [1.54, 1.807) is 0 Å². The Morgan fingerprint density at radius 3 is 1.52 bits per heavy atom. The number of hydrogen-bond acceptors (Lipinski definition) is 1. The lowest BCUT2D eigenvalue weighted by Gasteiger charge is -2.30. The number of benzene rings is 11. The van der Waals surface area contributed by atoms with Crippen LogP contribution in [0.25, 0.3) is 93.9 Å². The molecule has 0 fully saturated rings. The van der Waals surface area contributed by atoms with Crippen molar-refractivity contribution in [3.05, 3.63) is 267 Å². The molecule has 0 aliphatic heterocycles. The van der Waals surface area contributed by atoms with Crippen molar-refractivity contribution >= 4 is 49.6 Å². The van der Waals surface area contributed by atoms with Crippen LogP contribution in [0, 0.1) is 0 Å². The first-order chi connectivity index (χ1) is 32.8. The highest BCUT2D eigenvalue weighted by atomic mass is 15.1. The van der Waals surface area contributed by atoms with E-state index in [-0.39, 0.29) is 0 Å². The van der Waals surface area contributed by atoms with E-state index in [4.69, 9.17) is 0 Å². The van der Waals surface area contributed by atoms with Gasteiger partial charge in [-0.15, -0.1) is 0 Å². The number of hydrogen-bond donors (Lipinski definition) is 0. The monoisotopic (exact) mass is 840 g/mol. The summed E-state index contributed by atoms with van der Waals surface area (Å²) >= 11 is 0. The fraction of sp³-hybridized carbons (Fsp3) is 0. The highest BCUT2D eigenvalue weighted by Crippen LogP contribution is 2.47. The standard InChI is InChI=1S/C64H44N2/c1-4-20-45(21-5-1)49-28-18-29-51(42-49)65(52-39-40-54(46-22-6-2-7-23-46)60(44-52)56-34-19-27-47-26-10-11-30-53(47)56)64-41-38-50(43-59(64)48-24-8-3-9-25-48)55-31-12-15-35-61(55)66-62-36-16-13-32-57(62)58-33-14-17-37-63(58)66/h1-44H. The summed E-state index contributed by atoms with van der Waals surface area (Å²) in [4.78, 5) is 2.46. The van der Waals surface area contributed by atoms with Crippen molar-refractivity contribution < 1.29 is 0 Å². The molecule has 0 amide bonds. The van der Waals surface area contributed by atoms with Crippen molar-refractivity contribution in [2.45, 2.75) is 0 Å². The van der Waals surface area contributed by atoms with Crippen LogP contribution in [0.2, 0.25) is 0 Å². The van der Waals surface area contributed by atoms with Gasteiger partial charge in [-0.25, -0.2) is 0 Å². The van der Waals surface area contributed by atoms with Gasteiger partial charge >= 0.3 is 0 Å². The first-order valence-corrected chi connectivity index (χ1v) is 22.7. The topological polar surface area (TPSA) is 8.17 Å². The lowest BCUT2D eigenvalue weighted by Crippen LogP contribution is -2.12. The van der Waals surface area contributed by atoms with Crippen molar-refractivity contribution in [2.24, 2.45) is 0 Å². The molecule has 0 spiro atoms. The Morgan fingerprint density at radius 2 is 0.788 bits per heavy atom. The Bertz CT molecular complexity index is 3640. The second-order valence-corrected chi connectivity index (χ2v) is 16.9. The zero-order valence-corrected chi connectivity index (χ0v) is 36.3. The average molecular weight is 841 g/mol. The van der Waals surface area contributed by atoms with Crippen LogP contribution in [0.1, 0.15) is 0 Å². The molecule has 11 aromatic carbocycles. The van der Waals surface area contributed by atoms with Gasteiger partial charge in [0, 0.05) is 33.3 Å². The Balaban J connectivity index is 1.11. The van der Waals surface area contributed by atoms with Gasteiger partial charge in [-0.2, -0.15) is 0 Å². The average Bonchev–Trinajstić information content (AvgIpc) is 3.74. The van der Waals surface area contributed by atoms with Crippen molar-refractivity contribution in [3.8, 4) is 61.3 Å². The molecule has 0 bridgehead atoms. The molecule has 0 atom stereocenters. The molecule has 0 N–H and O–H groups in total. The SMILES string of the molecule is c1ccc(-c2cccc(N(c3ccc(-c4ccccc4)c(-c4cccc5ccccc45)c3)c3ccc(-c4ccccc4-n4c5ccccc5c5ccccc54)cc3-c3ccccc3)c2)cc1. The number of fused-ring (bicyclic) bond motifs is 4. The molecule has 0 saturated heterocycles. The Hall–Kier alpha value is -8.72. The van der Waals surface area contributed by atoms with E-state index in [0.29, 0.717) is 0 Å². The fourth-order valence-corrected chi connectivity index (χ4v) is 9.95. The molecular weight excluding hydrogens is 797 g/mol. The highest BCUT2D eigenvalue weighted by molar-refractivity contribution is 6.10. The van der Waals surface area contributed by atoms with Gasteiger partial charge in [0.05, 0.1) is 22.4 Å². The zero-order chi connectivity index (χ0) is 43.8. The molecule has 12 rings (SSSR count). The molecule has 1 aromatic heterocycles. The molecule has 310 valence electrons. The van der Waals surface area contributed by atoms with Crippen LogP contribution in [0.4, 0.5) is 17.1 Å². The summed E-state index contributed by atoms with van der Waals surface area (Å²) < 4.78 is 2.43. The number of aromatic nitrogens is 1. The van der Waals surface area contributed by atoms with Gasteiger partial charge in [-0.3, -0.25) is 0 Å². The first kappa shape index (κ1) is 38.9. The molecule has 2 heteroatoms. The van der Waals surface area contributed by atoms with Crippen LogP contribution in [0.3, 0.4) is 0 Å². The molecule has 12 aromatic rings. The lowest BCUT2D eigenvalue weighted by molar-refractivity contribution is 1.18. The second kappa shape index (κ2) is 16.8. The van der Waals surface area contributed by atoms with Gasteiger partial charge in [0.15, 0.2) is 0 Å². The predicted molar refractivity (Wildman–Crippen MR) is 280 cm³/mol. The third-order valence-corrected chi connectivity index (χ3v) is 13.0.